The highest BCUT2D eigenvalue weighted by atomic mass is 16.5. The zero-order valence-electron chi connectivity index (χ0n) is 13.2. The maximum Gasteiger partial charge on any atom is 0.247 e. The summed E-state index contributed by atoms with van der Waals surface area (Å²) in [5.41, 5.74) is -0.702. The van der Waals surface area contributed by atoms with Crippen LogP contribution in [0.3, 0.4) is 0 Å². The normalized spacial score (nSPS) is 29.6. The van der Waals surface area contributed by atoms with Gasteiger partial charge in [0.1, 0.15) is 12.1 Å². The van der Waals surface area contributed by atoms with Gasteiger partial charge in [0.15, 0.2) is 0 Å². The van der Waals surface area contributed by atoms with E-state index in [1.165, 1.54) is 12.8 Å². The van der Waals surface area contributed by atoms with Gasteiger partial charge in [0, 0.05) is 13.1 Å². The van der Waals surface area contributed by atoms with Crippen molar-refractivity contribution in [3.8, 4) is 6.07 Å². The third-order valence-electron chi connectivity index (χ3n) is 4.77. The van der Waals surface area contributed by atoms with Crippen LogP contribution >= 0.6 is 0 Å². The molecular weight excluding hydrogens is 266 g/mol. The molecule has 1 N–H and O–H groups in total. The second kappa shape index (κ2) is 7.24. The Hall–Kier alpha value is -1.12. The molecule has 1 aliphatic heterocycles. The van der Waals surface area contributed by atoms with E-state index in [9.17, 15) is 10.1 Å². The van der Waals surface area contributed by atoms with Crippen molar-refractivity contribution in [3.63, 3.8) is 0 Å². The van der Waals surface area contributed by atoms with Gasteiger partial charge in [0.25, 0.3) is 0 Å². The van der Waals surface area contributed by atoms with E-state index in [2.05, 4.69) is 23.2 Å². The molecule has 1 saturated heterocycles. The number of hydrogen-bond donors (Lipinski definition) is 1. The topological polar surface area (TPSA) is 65.4 Å². The zero-order chi connectivity index (χ0) is 15.3. The lowest BCUT2D eigenvalue weighted by atomic mass is 9.88. The van der Waals surface area contributed by atoms with E-state index in [0.29, 0.717) is 18.8 Å². The first-order valence-electron chi connectivity index (χ1n) is 8.05. The van der Waals surface area contributed by atoms with Gasteiger partial charge in [-0.2, -0.15) is 5.26 Å². The smallest absolute Gasteiger partial charge is 0.247 e. The van der Waals surface area contributed by atoms with Gasteiger partial charge in [-0.05, 0) is 38.6 Å². The van der Waals surface area contributed by atoms with Crippen LogP contribution in [0.4, 0.5) is 0 Å². The van der Waals surface area contributed by atoms with Gasteiger partial charge in [-0.25, -0.2) is 0 Å². The Morgan fingerprint density at radius 3 is 2.76 bits per heavy atom. The molecule has 2 aliphatic rings. The number of nitrogens with zero attached hydrogens (tertiary/aromatic N) is 2. The molecule has 0 radical (unpaired) electrons. The minimum absolute atomic E-state index is 0.0800. The lowest BCUT2D eigenvalue weighted by molar-refractivity contribution is -0.130. The monoisotopic (exact) mass is 293 g/mol. The van der Waals surface area contributed by atoms with Crippen LogP contribution in [0, 0.1) is 17.2 Å². The van der Waals surface area contributed by atoms with Crippen LogP contribution in [-0.4, -0.2) is 49.2 Å². The molecule has 2 rings (SSSR count). The van der Waals surface area contributed by atoms with Crippen molar-refractivity contribution >= 4 is 5.91 Å². The van der Waals surface area contributed by atoms with Gasteiger partial charge >= 0.3 is 0 Å². The van der Waals surface area contributed by atoms with E-state index in [0.717, 1.165) is 25.9 Å². The fourth-order valence-corrected chi connectivity index (χ4v) is 3.29. The van der Waals surface area contributed by atoms with Crippen LogP contribution in [0.5, 0.6) is 0 Å². The van der Waals surface area contributed by atoms with Gasteiger partial charge in [0.2, 0.25) is 5.91 Å². The SMILES string of the molecule is CC1CCCC(OCC(=O)NC2(C#N)CCN(C)CC2)C1. The summed E-state index contributed by atoms with van der Waals surface area (Å²) in [5.74, 6) is 0.533. The number of amides is 1. The van der Waals surface area contributed by atoms with Crippen LogP contribution in [0.1, 0.15) is 45.4 Å². The van der Waals surface area contributed by atoms with Gasteiger partial charge in [-0.1, -0.05) is 19.8 Å². The third kappa shape index (κ3) is 4.69. The summed E-state index contributed by atoms with van der Waals surface area (Å²) < 4.78 is 5.74. The molecule has 0 aromatic rings. The quantitative estimate of drug-likeness (QED) is 0.856. The van der Waals surface area contributed by atoms with Gasteiger partial charge < -0.3 is 15.0 Å². The number of ether oxygens (including phenoxy) is 1. The molecule has 21 heavy (non-hydrogen) atoms. The van der Waals surface area contributed by atoms with E-state index in [4.69, 9.17) is 4.74 Å². The first-order valence-corrected chi connectivity index (χ1v) is 8.05. The summed E-state index contributed by atoms with van der Waals surface area (Å²) in [4.78, 5) is 14.3. The van der Waals surface area contributed by atoms with Gasteiger partial charge in [-0.3, -0.25) is 4.79 Å². The van der Waals surface area contributed by atoms with Crippen molar-refractivity contribution in [3.05, 3.63) is 0 Å². The van der Waals surface area contributed by atoms with Crippen molar-refractivity contribution in [2.45, 2.75) is 57.1 Å². The molecule has 2 fully saturated rings. The number of hydrogen-bond acceptors (Lipinski definition) is 4. The summed E-state index contributed by atoms with van der Waals surface area (Å²) in [7, 11) is 2.04. The highest BCUT2D eigenvalue weighted by molar-refractivity contribution is 5.78. The molecule has 0 aromatic heterocycles. The van der Waals surface area contributed by atoms with E-state index in [1.54, 1.807) is 0 Å². The fourth-order valence-electron chi connectivity index (χ4n) is 3.29. The first-order chi connectivity index (χ1) is 10.0. The second-order valence-electron chi connectivity index (χ2n) is 6.75. The van der Waals surface area contributed by atoms with E-state index in [1.807, 2.05) is 7.05 Å². The van der Waals surface area contributed by atoms with Gasteiger partial charge in [0.05, 0.1) is 12.2 Å². The maximum absolute atomic E-state index is 12.1. The Balaban J connectivity index is 1.77. The van der Waals surface area contributed by atoms with Gasteiger partial charge in [-0.15, -0.1) is 0 Å². The Morgan fingerprint density at radius 2 is 2.14 bits per heavy atom. The van der Waals surface area contributed by atoms with Crippen LogP contribution in [0.25, 0.3) is 0 Å². The molecule has 2 unspecified atom stereocenters. The minimum Gasteiger partial charge on any atom is -0.368 e. The first kappa shape index (κ1) is 16.3. The van der Waals surface area contributed by atoms with E-state index < -0.39 is 5.54 Å². The summed E-state index contributed by atoms with van der Waals surface area (Å²) in [6.45, 7) is 4.00. The summed E-state index contributed by atoms with van der Waals surface area (Å²) >= 11 is 0. The van der Waals surface area contributed by atoms with Crippen LogP contribution in [-0.2, 0) is 9.53 Å². The molecule has 1 saturated carbocycles. The highest BCUT2D eigenvalue weighted by Gasteiger charge is 2.35. The van der Waals surface area contributed by atoms with E-state index >= 15 is 0 Å². The number of nitrogens with one attached hydrogen (secondary N) is 1. The molecule has 1 heterocycles. The number of piperidine rings is 1. The van der Waals surface area contributed by atoms with Crippen molar-refractivity contribution < 1.29 is 9.53 Å². The van der Waals surface area contributed by atoms with E-state index in [-0.39, 0.29) is 18.6 Å². The zero-order valence-corrected chi connectivity index (χ0v) is 13.2. The average molecular weight is 293 g/mol. The molecule has 0 aromatic carbocycles. The number of carbonyl (C=O) groups is 1. The maximum atomic E-state index is 12.1. The molecule has 2 atom stereocenters. The molecular formula is C16H27N3O2. The highest BCUT2D eigenvalue weighted by Crippen LogP contribution is 2.25. The summed E-state index contributed by atoms with van der Waals surface area (Å²) in [6.07, 6.45) is 6.11. The Kier molecular flexibility index (Phi) is 5.60. The van der Waals surface area contributed by atoms with Crippen molar-refractivity contribution in [2.24, 2.45) is 5.92 Å². The Bertz CT molecular complexity index is 397. The van der Waals surface area contributed by atoms with Crippen LogP contribution in [0.2, 0.25) is 0 Å². The second-order valence-corrected chi connectivity index (χ2v) is 6.75. The molecule has 118 valence electrons. The number of nitriles is 1. The Morgan fingerprint density at radius 1 is 1.43 bits per heavy atom. The summed E-state index contributed by atoms with van der Waals surface area (Å²) in [6, 6.07) is 2.30. The van der Waals surface area contributed by atoms with Crippen molar-refractivity contribution in [2.75, 3.05) is 26.7 Å². The average Bonchev–Trinajstić information content (AvgIpc) is 2.48. The fraction of sp³-hybridized carbons (Fsp3) is 0.875. The number of rotatable bonds is 4. The standard InChI is InChI=1S/C16H27N3O2/c1-13-4-3-5-14(10-13)21-11-15(20)18-16(12-17)6-8-19(2)9-7-16/h13-14H,3-11H2,1-2H3,(H,18,20). The summed E-state index contributed by atoms with van der Waals surface area (Å²) in [5, 5.41) is 12.3. The lowest BCUT2D eigenvalue weighted by Crippen LogP contribution is -2.54. The predicted octanol–water partition coefficient (Wildman–Crippen LogP) is 1.69. The molecule has 5 heteroatoms. The molecule has 1 amide bonds. The van der Waals surface area contributed by atoms with Crippen molar-refractivity contribution in [1.29, 1.82) is 5.26 Å². The molecule has 1 aliphatic carbocycles. The minimum atomic E-state index is -0.702. The van der Waals surface area contributed by atoms with Crippen LogP contribution in [0.15, 0.2) is 0 Å². The lowest BCUT2D eigenvalue weighted by Gasteiger charge is -2.36. The molecule has 0 bridgehead atoms. The van der Waals surface area contributed by atoms with Crippen molar-refractivity contribution in [1.82, 2.24) is 10.2 Å². The number of likely N-dealkylation sites (tertiary alicyclic amines) is 1. The van der Waals surface area contributed by atoms with Crippen LogP contribution < -0.4 is 5.32 Å². The Labute approximate surface area is 127 Å². The molecule has 5 nitrogen and oxygen atoms in total. The molecule has 0 spiro atoms. The third-order valence-corrected chi connectivity index (χ3v) is 4.77. The largest absolute Gasteiger partial charge is 0.368 e. The number of carbonyl (C=O) groups excluding carboxylic acids is 1. The predicted molar refractivity (Wildman–Crippen MR) is 80.6 cm³/mol.